The molecule has 122 valence electrons. The Hall–Kier alpha value is -2.05. The van der Waals surface area contributed by atoms with Crippen molar-refractivity contribution in [3.05, 3.63) is 53.6 Å². The molecule has 0 spiro atoms. The summed E-state index contributed by atoms with van der Waals surface area (Å²) in [7, 11) is -3.60. The third kappa shape index (κ3) is 3.83. The van der Waals surface area contributed by atoms with Crippen LogP contribution in [0.5, 0.6) is 11.5 Å². The highest BCUT2D eigenvalue weighted by atomic mass is 32.2. The SMILES string of the molecule is Cc1ccc(CNS(=O)(=O)c2ccc3c(c2)OCCCO3)cc1. The molecule has 0 aliphatic carbocycles. The Morgan fingerprint density at radius 3 is 2.43 bits per heavy atom. The molecule has 0 saturated carbocycles. The summed E-state index contributed by atoms with van der Waals surface area (Å²) in [6, 6.07) is 12.4. The van der Waals surface area contributed by atoms with Gasteiger partial charge in [-0.25, -0.2) is 13.1 Å². The van der Waals surface area contributed by atoms with Crippen molar-refractivity contribution >= 4 is 10.0 Å². The van der Waals surface area contributed by atoms with Crippen LogP contribution < -0.4 is 14.2 Å². The number of nitrogens with one attached hydrogen (secondary N) is 1. The summed E-state index contributed by atoms with van der Waals surface area (Å²) in [6.45, 7) is 3.33. The maximum atomic E-state index is 12.4. The fraction of sp³-hybridized carbons (Fsp3) is 0.294. The summed E-state index contributed by atoms with van der Waals surface area (Å²) in [4.78, 5) is 0.175. The zero-order chi connectivity index (χ0) is 16.3. The zero-order valence-electron chi connectivity index (χ0n) is 12.9. The molecule has 0 bridgehead atoms. The van der Waals surface area contributed by atoms with Gasteiger partial charge in [-0.05, 0) is 24.6 Å². The molecule has 0 fully saturated rings. The van der Waals surface area contributed by atoms with Crippen molar-refractivity contribution in [3.8, 4) is 11.5 Å². The maximum absolute atomic E-state index is 12.4. The molecular formula is C17H19NO4S. The highest BCUT2D eigenvalue weighted by Gasteiger charge is 2.18. The number of benzene rings is 2. The van der Waals surface area contributed by atoms with Gasteiger partial charge in [0, 0.05) is 19.0 Å². The maximum Gasteiger partial charge on any atom is 0.241 e. The molecule has 0 aromatic heterocycles. The van der Waals surface area contributed by atoms with E-state index in [0.29, 0.717) is 24.7 Å². The second-order valence-corrected chi connectivity index (χ2v) is 7.24. The summed E-state index contributed by atoms with van der Waals surface area (Å²) in [5, 5.41) is 0. The van der Waals surface area contributed by atoms with Crippen molar-refractivity contribution in [3.63, 3.8) is 0 Å². The van der Waals surface area contributed by atoms with Gasteiger partial charge in [-0.1, -0.05) is 29.8 Å². The molecule has 0 atom stereocenters. The van der Waals surface area contributed by atoms with Gasteiger partial charge in [0.05, 0.1) is 18.1 Å². The van der Waals surface area contributed by atoms with Crippen LogP contribution in [0.25, 0.3) is 0 Å². The molecule has 2 aromatic rings. The number of aryl methyl sites for hydroxylation is 1. The molecule has 0 amide bonds. The van der Waals surface area contributed by atoms with Gasteiger partial charge < -0.3 is 9.47 Å². The molecule has 1 heterocycles. The molecule has 6 heteroatoms. The topological polar surface area (TPSA) is 64.6 Å². The Bertz CT molecular complexity index is 785. The molecule has 3 rings (SSSR count). The first kappa shape index (κ1) is 15.8. The Morgan fingerprint density at radius 2 is 1.70 bits per heavy atom. The van der Waals surface area contributed by atoms with Crippen molar-refractivity contribution in [2.45, 2.75) is 24.8 Å². The van der Waals surface area contributed by atoms with Crippen LogP contribution in [-0.2, 0) is 16.6 Å². The van der Waals surface area contributed by atoms with Gasteiger partial charge in [0.25, 0.3) is 0 Å². The van der Waals surface area contributed by atoms with Gasteiger partial charge in [0.15, 0.2) is 11.5 Å². The van der Waals surface area contributed by atoms with E-state index in [2.05, 4.69) is 4.72 Å². The minimum absolute atomic E-state index is 0.175. The van der Waals surface area contributed by atoms with E-state index in [-0.39, 0.29) is 11.4 Å². The zero-order valence-corrected chi connectivity index (χ0v) is 13.7. The van der Waals surface area contributed by atoms with Gasteiger partial charge >= 0.3 is 0 Å². The summed E-state index contributed by atoms with van der Waals surface area (Å²) >= 11 is 0. The Labute approximate surface area is 136 Å². The van der Waals surface area contributed by atoms with E-state index >= 15 is 0 Å². The van der Waals surface area contributed by atoms with Crippen molar-refractivity contribution in [2.24, 2.45) is 0 Å². The van der Waals surface area contributed by atoms with Gasteiger partial charge in [-0.2, -0.15) is 0 Å². The number of fused-ring (bicyclic) bond motifs is 1. The predicted octanol–water partition coefficient (Wildman–Crippen LogP) is 2.63. The molecule has 2 aromatic carbocycles. The van der Waals surface area contributed by atoms with Crippen molar-refractivity contribution in [1.82, 2.24) is 4.72 Å². The number of hydrogen-bond donors (Lipinski definition) is 1. The van der Waals surface area contributed by atoms with E-state index < -0.39 is 10.0 Å². The largest absolute Gasteiger partial charge is 0.490 e. The normalized spacial score (nSPS) is 14.3. The molecular weight excluding hydrogens is 314 g/mol. The molecule has 1 aliphatic rings. The van der Waals surface area contributed by atoms with Crippen LogP contribution in [0.2, 0.25) is 0 Å². The van der Waals surface area contributed by atoms with Gasteiger partial charge in [0.2, 0.25) is 10.0 Å². The molecule has 5 nitrogen and oxygen atoms in total. The minimum Gasteiger partial charge on any atom is -0.490 e. The number of ether oxygens (including phenoxy) is 2. The smallest absolute Gasteiger partial charge is 0.241 e. The lowest BCUT2D eigenvalue weighted by Gasteiger charge is -2.11. The van der Waals surface area contributed by atoms with Crippen molar-refractivity contribution in [1.29, 1.82) is 0 Å². The Balaban J connectivity index is 1.76. The van der Waals surface area contributed by atoms with Crippen LogP contribution in [-0.4, -0.2) is 21.6 Å². The summed E-state index contributed by atoms with van der Waals surface area (Å²) in [5.74, 6) is 1.06. The van der Waals surface area contributed by atoms with E-state index in [0.717, 1.165) is 17.5 Å². The van der Waals surface area contributed by atoms with Crippen LogP contribution in [0.15, 0.2) is 47.4 Å². The molecule has 0 radical (unpaired) electrons. The standard InChI is InChI=1S/C17H19NO4S/c1-13-3-5-14(6-4-13)12-18-23(19,20)15-7-8-16-17(11-15)22-10-2-9-21-16/h3-8,11,18H,2,9-10,12H2,1H3. The second kappa shape index (κ2) is 6.60. The summed E-state index contributed by atoms with van der Waals surface area (Å²) in [5.41, 5.74) is 2.05. The first-order valence-corrected chi connectivity index (χ1v) is 8.98. The Kier molecular flexibility index (Phi) is 4.54. The van der Waals surface area contributed by atoms with E-state index in [1.807, 2.05) is 31.2 Å². The monoisotopic (exact) mass is 333 g/mol. The lowest BCUT2D eigenvalue weighted by atomic mass is 10.2. The summed E-state index contributed by atoms with van der Waals surface area (Å²) < 4.78 is 38.5. The van der Waals surface area contributed by atoms with Crippen LogP contribution >= 0.6 is 0 Å². The van der Waals surface area contributed by atoms with Gasteiger partial charge in [0.1, 0.15) is 0 Å². The van der Waals surface area contributed by atoms with Crippen LogP contribution in [0.3, 0.4) is 0 Å². The van der Waals surface area contributed by atoms with Crippen LogP contribution in [0, 0.1) is 6.92 Å². The number of hydrogen-bond acceptors (Lipinski definition) is 4. The summed E-state index contributed by atoms with van der Waals surface area (Å²) in [6.07, 6.45) is 0.780. The van der Waals surface area contributed by atoms with Crippen molar-refractivity contribution in [2.75, 3.05) is 13.2 Å². The van der Waals surface area contributed by atoms with E-state index in [1.165, 1.54) is 12.1 Å². The number of sulfonamides is 1. The fourth-order valence-corrected chi connectivity index (χ4v) is 3.31. The van der Waals surface area contributed by atoms with E-state index in [1.54, 1.807) is 6.07 Å². The molecule has 0 saturated heterocycles. The first-order chi connectivity index (χ1) is 11.0. The lowest BCUT2D eigenvalue weighted by molar-refractivity contribution is 0.297. The third-order valence-electron chi connectivity index (χ3n) is 3.62. The fourth-order valence-electron chi connectivity index (χ4n) is 2.28. The average Bonchev–Trinajstić information content (AvgIpc) is 2.79. The van der Waals surface area contributed by atoms with Crippen LogP contribution in [0.1, 0.15) is 17.5 Å². The molecule has 23 heavy (non-hydrogen) atoms. The first-order valence-electron chi connectivity index (χ1n) is 7.49. The van der Waals surface area contributed by atoms with Crippen LogP contribution in [0.4, 0.5) is 0 Å². The highest BCUT2D eigenvalue weighted by Crippen LogP contribution is 2.31. The molecule has 0 unspecified atom stereocenters. The van der Waals surface area contributed by atoms with Gasteiger partial charge in [-0.3, -0.25) is 0 Å². The highest BCUT2D eigenvalue weighted by molar-refractivity contribution is 7.89. The van der Waals surface area contributed by atoms with E-state index in [4.69, 9.17) is 9.47 Å². The van der Waals surface area contributed by atoms with E-state index in [9.17, 15) is 8.42 Å². The molecule has 1 N–H and O–H groups in total. The van der Waals surface area contributed by atoms with Gasteiger partial charge in [-0.15, -0.1) is 0 Å². The second-order valence-electron chi connectivity index (χ2n) is 5.47. The Morgan fingerprint density at radius 1 is 1.00 bits per heavy atom. The predicted molar refractivity (Wildman–Crippen MR) is 87.3 cm³/mol. The average molecular weight is 333 g/mol. The quantitative estimate of drug-likeness (QED) is 0.934. The lowest BCUT2D eigenvalue weighted by Crippen LogP contribution is -2.23. The minimum atomic E-state index is -3.60. The third-order valence-corrected chi connectivity index (χ3v) is 5.02. The molecule has 1 aliphatic heterocycles. The van der Waals surface area contributed by atoms with Crippen molar-refractivity contribution < 1.29 is 17.9 Å². The number of rotatable bonds is 4.